The van der Waals surface area contributed by atoms with Crippen molar-refractivity contribution < 1.29 is 17.6 Å². The summed E-state index contributed by atoms with van der Waals surface area (Å²) in [6, 6.07) is 12.2. The number of aromatic nitrogens is 5. The molecule has 0 bridgehead atoms. The van der Waals surface area contributed by atoms with Crippen molar-refractivity contribution in [1.82, 2.24) is 30.1 Å². The van der Waals surface area contributed by atoms with Crippen molar-refractivity contribution in [2.75, 3.05) is 14.1 Å². The van der Waals surface area contributed by atoms with Gasteiger partial charge in [-0.3, -0.25) is 0 Å². The minimum atomic E-state index is -2.88. The van der Waals surface area contributed by atoms with Gasteiger partial charge in [0.05, 0.1) is 12.7 Å². The number of benzene rings is 2. The molecule has 2 heterocycles. The maximum Gasteiger partial charge on any atom is 0.314 e. The first-order valence-corrected chi connectivity index (χ1v) is 9.43. The molecule has 4 rings (SSSR count). The average Bonchev–Trinajstić information content (AvgIpc) is 3.40. The summed E-state index contributed by atoms with van der Waals surface area (Å²) in [5.74, 6) is -1.51. The van der Waals surface area contributed by atoms with Crippen LogP contribution in [0.4, 0.5) is 13.2 Å². The number of hydrogen-bond acceptors (Lipinski definition) is 6. The molecule has 0 amide bonds. The molecule has 2 aromatic carbocycles. The molecule has 2 aromatic heterocycles. The second-order valence-corrected chi connectivity index (χ2v) is 7.29. The Labute approximate surface area is 176 Å². The summed E-state index contributed by atoms with van der Waals surface area (Å²) in [5.41, 5.74) is 3.35. The lowest BCUT2D eigenvalue weighted by molar-refractivity contribution is 0.116. The van der Waals surface area contributed by atoms with Gasteiger partial charge in [0, 0.05) is 23.2 Å². The lowest BCUT2D eigenvalue weighted by atomic mass is 10.1. The highest BCUT2D eigenvalue weighted by atomic mass is 19.3. The van der Waals surface area contributed by atoms with Crippen molar-refractivity contribution in [2.24, 2.45) is 0 Å². The van der Waals surface area contributed by atoms with Crippen LogP contribution in [-0.2, 0) is 13.1 Å². The van der Waals surface area contributed by atoms with Crippen LogP contribution in [0.15, 0.2) is 53.1 Å². The maximum absolute atomic E-state index is 14.6. The van der Waals surface area contributed by atoms with E-state index in [0.717, 1.165) is 12.1 Å². The van der Waals surface area contributed by atoms with E-state index in [1.54, 1.807) is 6.20 Å². The molecule has 0 unspecified atom stereocenters. The topological polar surface area (TPSA) is 72.9 Å². The molecule has 0 radical (unpaired) electrons. The highest BCUT2D eigenvalue weighted by molar-refractivity contribution is 5.58. The molecule has 0 atom stereocenters. The van der Waals surface area contributed by atoms with Crippen molar-refractivity contribution in [3.05, 3.63) is 71.5 Å². The van der Waals surface area contributed by atoms with E-state index in [4.69, 9.17) is 4.42 Å². The van der Waals surface area contributed by atoms with Crippen LogP contribution in [0.25, 0.3) is 22.7 Å². The second-order valence-electron chi connectivity index (χ2n) is 7.29. The Morgan fingerprint density at radius 2 is 1.74 bits per heavy atom. The van der Waals surface area contributed by atoms with Gasteiger partial charge < -0.3 is 9.32 Å². The molecule has 10 heteroatoms. The summed E-state index contributed by atoms with van der Waals surface area (Å²) >= 11 is 0. The molecule has 0 saturated heterocycles. The van der Waals surface area contributed by atoms with Gasteiger partial charge in [-0.25, -0.2) is 9.07 Å². The first-order valence-electron chi connectivity index (χ1n) is 9.43. The van der Waals surface area contributed by atoms with E-state index in [9.17, 15) is 13.2 Å². The fourth-order valence-electron chi connectivity index (χ4n) is 3.08. The molecule has 7 nitrogen and oxygen atoms in total. The van der Waals surface area contributed by atoms with Crippen molar-refractivity contribution in [2.45, 2.75) is 19.5 Å². The van der Waals surface area contributed by atoms with Gasteiger partial charge in [0.1, 0.15) is 11.5 Å². The van der Waals surface area contributed by atoms with Crippen molar-refractivity contribution >= 4 is 0 Å². The molecule has 4 aromatic rings. The molecule has 0 aliphatic rings. The third kappa shape index (κ3) is 4.80. The summed E-state index contributed by atoms with van der Waals surface area (Å²) in [4.78, 5) is 2.08. The molecule has 0 saturated carbocycles. The summed E-state index contributed by atoms with van der Waals surface area (Å²) in [7, 11) is 4.02. The number of hydrogen-bond donors (Lipinski definition) is 0. The number of nitrogens with zero attached hydrogens (tertiary/aromatic N) is 6. The van der Waals surface area contributed by atoms with E-state index in [2.05, 4.69) is 25.4 Å². The van der Waals surface area contributed by atoms with Crippen LogP contribution < -0.4 is 0 Å². The van der Waals surface area contributed by atoms with Crippen LogP contribution >= 0.6 is 0 Å². The van der Waals surface area contributed by atoms with E-state index >= 15 is 0 Å². The molecule has 0 aliphatic carbocycles. The first kappa shape index (κ1) is 20.7. The van der Waals surface area contributed by atoms with Crippen molar-refractivity contribution in [3.8, 4) is 22.7 Å². The normalized spacial score (nSPS) is 11.6. The third-order valence-corrected chi connectivity index (χ3v) is 4.55. The monoisotopic (exact) mass is 428 g/mol. The van der Waals surface area contributed by atoms with Gasteiger partial charge in [-0.05, 0) is 31.8 Å². The highest BCUT2D eigenvalue weighted by Gasteiger charge is 2.18. The van der Waals surface area contributed by atoms with Gasteiger partial charge in [-0.2, -0.15) is 8.78 Å². The van der Waals surface area contributed by atoms with E-state index in [1.807, 2.05) is 38.4 Å². The standard InChI is InChI=1S/C21H19F3N6O/c1-29(2)10-13-3-5-14(6-4-13)18-12-30(28-25-18)11-16-8-7-15(9-17(16)22)20-26-27-21(31-20)19(23)24/h3-9,12,19H,10-11H2,1-2H3. The van der Waals surface area contributed by atoms with Crippen molar-refractivity contribution in [3.63, 3.8) is 0 Å². The Kier molecular flexibility index (Phi) is 5.81. The van der Waals surface area contributed by atoms with E-state index < -0.39 is 18.1 Å². The third-order valence-electron chi connectivity index (χ3n) is 4.55. The van der Waals surface area contributed by atoms with Gasteiger partial charge >= 0.3 is 6.43 Å². The van der Waals surface area contributed by atoms with Crippen LogP contribution in [0, 0.1) is 5.82 Å². The quantitative estimate of drug-likeness (QED) is 0.440. The first-order chi connectivity index (χ1) is 14.9. The number of alkyl halides is 2. The zero-order chi connectivity index (χ0) is 22.0. The molecule has 0 aliphatic heterocycles. The summed E-state index contributed by atoms with van der Waals surface area (Å²) in [5, 5.41) is 15.0. The van der Waals surface area contributed by atoms with E-state index in [-0.39, 0.29) is 18.0 Å². The molecular weight excluding hydrogens is 409 g/mol. The fourth-order valence-corrected chi connectivity index (χ4v) is 3.08. The lowest BCUT2D eigenvalue weighted by Crippen LogP contribution is -2.10. The molecule has 0 fully saturated rings. The van der Waals surface area contributed by atoms with Gasteiger partial charge in [-0.1, -0.05) is 35.5 Å². The van der Waals surface area contributed by atoms with Crippen LogP contribution in [0.2, 0.25) is 0 Å². The molecule has 0 spiro atoms. The van der Waals surface area contributed by atoms with E-state index in [1.165, 1.54) is 28.4 Å². The Morgan fingerprint density at radius 1 is 1.00 bits per heavy atom. The Bertz CT molecular complexity index is 1170. The van der Waals surface area contributed by atoms with Gasteiger partial charge in [-0.15, -0.1) is 15.3 Å². The summed E-state index contributed by atoms with van der Waals surface area (Å²) in [6.45, 7) is 0.999. The number of halogens is 3. The van der Waals surface area contributed by atoms with Crippen LogP contribution in [0.5, 0.6) is 0 Å². The Balaban J connectivity index is 1.48. The molecule has 0 N–H and O–H groups in total. The van der Waals surface area contributed by atoms with Crippen molar-refractivity contribution in [1.29, 1.82) is 0 Å². The Hall–Kier alpha value is -3.53. The number of rotatable bonds is 7. The minimum Gasteiger partial charge on any atom is -0.415 e. The second kappa shape index (κ2) is 8.68. The van der Waals surface area contributed by atoms with Gasteiger partial charge in [0.15, 0.2) is 0 Å². The lowest BCUT2D eigenvalue weighted by Gasteiger charge is -2.09. The van der Waals surface area contributed by atoms with Crippen LogP contribution in [-0.4, -0.2) is 44.2 Å². The minimum absolute atomic E-state index is 0.157. The maximum atomic E-state index is 14.6. The predicted molar refractivity (Wildman–Crippen MR) is 107 cm³/mol. The molecule has 160 valence electrons. The Morgan fingerprint density at radius 3 is 2.39 bits per heavy atom. The summed E-state index contributed by atoms with van der Waals surface area (Å²) in [6.07, 6.45) is -1.14. The zero-order valence-corrected chi connectivity index (χ0v) is 16.8. The SMILES string of the molecule is CN(C)Cc1ccc(-c2cn(Cc3ccc(-c4nnc(C(F)F)o4)cc3F)nn2)cc1. The fraction of sp³-hybridized carbons (Fsp3) is 0.238. The summed E-state index contributed by atoms with van der Waals surface area (Å²) < 4.78 is 46.1. The van der Waals surface area contributed by atoms with E-state index in [0.29, 0.717) is 11.3 Å². The molecule has 31 heavy (non-hydrogen) atoms. The highest BCUT2D eigenvalue weighted by Crippen LogP contribution is 2.25. The average molecular weight is 428 g/mol. The van der Waals surface area contributed by atoms with Gasteiger partial charge in [0.2, 0.25) is 5.89 Å². The van der Waals surface area contributed by atoms with Crippen LogP contribution in [0.1, 0.15) is 23.4 Å². The predicted octanol–water partition coefficient (Wildman–Crippen LogP) is 4.18. The smallest absolute Gasteiger partial charge is 0.314 e. The van der Waals surface area contributed by atoms with Crippen LogP contribution in [0.3, 0.4) is 0 Å². The largest absolute Gasteiger partial charge is 0.415 e. The molecular formula is C21H19F3N6O. The zero-order valence-electron chi connectivity index (χ0n) is 16.8. The van der Waals surface area contributed by atoms with Gasteiger partial charge in [0.25, 0.3) is 5.89 Å².